The van der Waals surface area contributed by atoms with Crippen LogP contribution in [-0.4, -0.2) is 27.3 Å². The van der Waals surface area contributed by atoms with Crippen LogP contribution >= 0.6 is 0 Å². The topological polar surface area (TPSA) is 66.1 Å². The molecule has 0 radical (unpaired) electrons. The van der Waals surface area contributed by atoms with Gasteiger partial charge in [-0.15, -0.1) is 0 Å². The molecule has 1 unspecified atom stereocenters. The molecule has 1 amide bonds. The van der Waals surface area contributed by atoms with Crippen LogP contribution in [-0.2, 0) is 17.6 Å². The zero-order chi connectivity index (χ0) is 17.3. The lowest BCUT2D eigenvalue weighted by molar-refractivity contribution is -0.138. The van der Waals surface area contributed by atoms with Gasteiger partial charge in [-0.05, 0) is 31.0 Å². The quantitative estimate of drug-likeness (QED) is 0.936. The van der Waals surface area contributed by atoms with Gasteiger partial charge in [0.1, 0.15) is 11.6 Å². The Bertz CT molecular complexity index is 814. The van der Waals surface area contributed by atoms with Gasteiger partial charge in [0.2, 0.25) is 5.91 Å². The summed E-state index contributed by atoms with van der Waals surface area (Å²) in [6.45, 7) is 4.32. The van der Waals surface area contributed by atoms with Gasteiger partial charge in [0.25, 0.3) is 5.56 Å². The van der Waals surface area contributed by atoms with Crippen molar-refractivity contribution in [2.45, 2.75) is 39.2 Å². The lowest BCUT2D eigenvalue weighted by atomic mass is 9.93. The highest BCUT2D eigenvalue weighted by molar-refractivity contribution is 5.80. The number of nitrogens with zero attached hydrogens (tertiary/aromatic N) is 2. The van der Waals surface area contributed by atoms with Crippen molar-refractivity contribution < 1.29 is 9.18 Å². The van der Waals surface area contributed by atoms with Crippen LogP contribution in [0, 0.1) is 12.7 Å². The van der Waals surface area contributed by atoms with Gasteiger partial charge in [-0.1, -0.05) is 19.1 Å². The third-order valence-corrected chi connectivity index (χ3v) is 4.53. The van der Waals surface area contributed by atoms with E-state index < -0.39 is 0 Å². The SMILES string of the molecule is CCc1nc(C)c(CC(=O)N2CCC2c2ccc(F)cc2)c(=O)[nH]1. The van der Waals surface area contributed by atoms with Crippen molar-refractivity contribution in [1.82, 2.24) is 14.9 Å². The van der Waals surface area contributed by atoms with Crippen LogP contribution in [0.2, 0.25) is 0 Å². The van der Waals surface area contributed by atoms with Crippen molar-refractivity contribution >= 4 is 5.91 Å². The predicted octanol–water partition coefficient (Wildman–Crippen LogP) is 2.30. The number of carbonyl (C=O) groups is 1. The van der Waals surface area contributed by atoms with Crippen molar-refractivity contribution in [1.29, 1.82) is 0 Å². The van der Waals surface area contributed by atoms with E-state index in [-0.39, 0.29) is 29.7 Å². The number of likely N-dealkylation sites (tertiary alicyclic amines) is 1. The summed E-state index contributed by atoms with van der Waals surface area (Å²) >= 11 is 0. The first-order valence-electron chi connectivity index (χ1n) is 8.13. The number of halogens is 1. The molecule has 24 heavy (non-hydrogen) atoms. The summed E-state index contributed by atoms with van der Waals surface area (Å²) in [5.41, 5.74) is 1.69. The summed E-state index contributed by atoms with van der Waals surface area (Å²) in [6, 6.07) is 6.17. The minimum absolute atomic E-state index is 0.0376. The molecule has 2 aromatic rings. The normalized spacial score (nSPS) is 16.8. The third kappa shape index (κ3) is 3.09. The first-order valence-corrected chi connectivity index (χ1v) is 8.13. The Labute approximate surface area is 139 Å². The second-order valence-electron chi connectivity index (χ2n) is 6.05. The highest BCUT2D eigenvalue weighted by Gasteiger charge is 2.33. The molecule has 0 saturated carbocycles. The summed E-state index contributed by atoms with van der Waals surface area (Å²) < 4.78 is 13.0. The largest absolute Gasteiger partial charge is 0.335 e. The van der Waals surface area contributed by atoms with Crippen LogP contribution < -0.4 is 5.56 Å². The first kappa shape index (κ1) is 16.4. The third-order valence-electron chi connectivity index (χ3n) is 4.53. The minimum Gasteiger partial charge on any atom is -0.335 e. The highest BCUT2D eigenvalue weighted by Crippen LogP contribution is 2.33. The first-order chi connectivity index (χ1) is 11.5. The predicted molar refractivity (Wildman–Crippen MR) is 88.1 cm³/mol. The number of benzene rings is 1. The molecule has 6 heteroatoms. The number of rotatable bonds is 4. The minimum atomic E-state index is -0.291. The fraction of sp³-hybridized carbons (Fsp3) is 0.389. The van der Waals surface area contributed by atoms with Gasteiger partial charge in [0.05, 0.1) is 12.5 Å². The Morgan fingerprint density at radius 3 is 2.62 bits per heavy atom. The molecular formula is C18H20FN3O2. The summed E-state index contributed by atoms with van der Waals surface area (Å²) in [7, 11) is 0. The Hall–Kier alpha value is -2.50. The summed E-state index contributed by atoms with van der Waals surface area (Å²) in [4.78, 5) is 33.5. The molecule has 1 atom stereocenters. The molecule has 126 valence electrons. The highest BCUT2D eigenvalue weighted by atomic mass is 19.1. The summed E-state index contributed by atoms with van der Waals surface area (Å²) in [5.74, 6) is 0.234. The van der Waals surface area contributed by atoms with E-state index in [2.05, 4.69) is 9.97 Å². The molecule has 1 aromatic carbocycles. The molecule has 1 aliphatic rings. The monoisotopic (exact) mass is 329 g/mol. The molecule has 1 fully saturated rings. The number of nitrogens with one attached hydrogen (secondary N) is 1. The van der Waals surface area contributed by atoms with Gasteiger partial charge >= 0.3 is 0 Å². The zero-order valence-electron chi connectivity index (χ0n) is 13.8. The molecule has 0 bridgehead atoms. The molecule has 2 heterocycles. The molecule has 5 nitrogen and oxygen atoms in total. The molecule has 1 aliphatic heterocycles. The van der Waals surface area contributed by atoms with E-state index in [0.717, 1.165) is 12.0 Å². The van der Waals surface area contributed by atoms with E-state index >= 15 is 0 Å². The number of aromatic amines is 1. The van der Waals surface area contributed by atoms with Crippen LogP contribution in [0.15, 0.2) is 29.1 Å². The van der Waals surface area contributed by atoms with Crippen molar-refractivity contribution in [2.24, 2.45) is 0 Å². The number of aromatic nitrogens is 2. The maximum atomic E-state index is 13.0. The van der Waals surface area contributed by atoms with E-state index in [9.17, 15) is 14.0 Å². The van der Waals surface area contributed by atoms with Crippen LogP contribution in [0.25, 0.3) is 0 Å². The summed E-state index contributed by atoms with van der Waals surface area (Å²) in [6.07, 6.45) is 1.53. The van der Waals surface area contributed by atoms with E-state index in [1.807, 2.05) is 6.92 Å². The molecular weight excluding hydrogens is 309 g/mol. The number of aryl methyl sites for hydroxylation is 2. The van der Waals surface area contributed by atoms with Crippen molar-refractivity contribution in [3.63, 3.8) is 0 Å². The van der Waals surface area contributed by atoms with Gasteiger partial charge < -0.3 is 9.88 Å². The Morgan fingerprint density at radius 2 is 2.08 bits per heavy atom. The molecule has 1 N–H and O–H groups in total. The van der Waals surface area contributed by atoms with E-state index in [1.54, 1.807) is 24.0 Å². The standard InChI is InChI=1S/C18H20FN3O2/c1-3-16-20-11(2)14(18(24)21-16)10-17(23)22-9-8-15(22)12-4-6-13(19)7-5-12/h4-7,15H,3,8-10H2,1-2H3,(H,20,21,24). The maximum Gasteiger partial charge on any atom is 0.254 e. The second-order valence-corrected chi connectivity index (χ2v) is 6.05. The lowest BCUT2D eigenvalue weighted by Crippen LogP contribution is -2.46. The van der Waals surface area contributed by atoms with Crippen LogP contribution in [0.5, 0.6) is 0 Å². The second kappa shape index (κ2) is 6.55. The fourth-order valence-electron chi connectivity index (χ4n) is 3.01. The van der Waals surface area contributed by atoms with Crippen LogP contribution in [0.1, 0.15) is 42.0 Å². The van der Waals surface area contributed by atoms with Crippen LogP contribution in [0.3, 0.4) is 0 Å². The number of amides is 1. The smallest absolute Gasteiger partial charge is 0.254 e. The van der Waals surface area contributed by atoms with Gasteiger partial charge in [-0.25, -0.2) is 9.37 Å². The van der Waals surface area contributed by atoms with Gasteiger partial charge in [-0.2, -0.15) is 0 Å². The number of hydrogen-bond acceptors (Lipinski definition) is 3. The summed E-state index contributed by atoms with van der Waals surface area (Å²) in [5, 5.41) is 0. The van der Waals surface area contributed by atoms with Gasteiger partial charge in [0, 0.05) is 24.2 Å². The molecule has 0 spiro atoms. The molecule has 1 saturated heterocycles. The average molecular weight is 329 g/mol. The van der Waals surface area contributed by atoms with Crippen molar-refractivity contribution in [3.8, 4) is 0 Å². The fourth-order valence-corrected chi connectivity index (χ4v) is 3.01. The van der Waals surface area contributed by atoms with Crippen LogP contribution in [0.4, 0.5) is 4.39 Å². The average Bonchev–Trinajstić information content (AvgIpc) is 2.51. The van der Waals surface area contributed by atoms with Gasteiger partial charge in [-0.3, -0.25) is 9.59 Å². The Morgan fingerprint density at radius 1 is 1.38 bits per heavy atom. The molecule has 1 aromatic heterocycles. The van der Waals surface area contributed by atoms with Gasteiger partial charge in [0.15, 0.2) is 0 Å². The molecule has 0 aliphatic carbocycles. The lowest BCUT2D eigenvalue weighted by Gasteiger charge is -2.41. The van der Waals surface area contributed by atoms with E-state index in [0.29, 0.717) is 30.0 Å². The van der Waals surface area contributed by atoms with E-state index in [4.69, 9.17) is 0 Å². The number of H-pyrrole nitrogens is 1. The Balaban J connectivity index is 1.76. The van der Waals surface area contributed by atoms with E-state index in [1.165, 1.54) is 12.1 Å². The molecule has 3 rings (SSSR count). The zero-order valence-corrected chi connectivity index (χ0v) is 13.8. The Kier molecular flexibility index (Phi) is 4.46. The van der Waals surface area contributed by atoms with Crippen molar-refractivity contribution in [3.05, 3.63) is 63.1 Å². The number of hydrogen-bond donors (Lipinski definition) is 1. The maximum absolute atomic E-state index is 13.0. The number of carbonyl (C=O) groups excluding carboxylic acids is 1. The van der Waals surface area contributed by atoms with Crippen molar-refractivity contribution in [2.75, 3.05) is 6.54 Å².